The second-order valence-corrected chi connectivity index (χ2v) is 1.56. The van der Waals surface area contributed by atoms with Crippen LogP contribution in [0.25, 0.3) is 0 Å². The van der Waals surface area contributed by atoms with Gasteiger partial charge in [-0.25, -0.2) is 0 Å². The molecule has 0 aliphatic rings. The summed E-state index contributed by atoms with van der Waals surface area (Å²) in [6, 6.07) is 0. The molecular weight excluding hydrogens is 227 g/mol. The Morgan fingerprint density at radius 2 is 1.12 bits per heavy atom. The van der Waals surface area contributed by atoms with Gasteiger partial charge in [0.25, 0.3) is 0 Å². The standard InChI is InChI=1S/ClH.Cr.2FH.Fe.H3N.2O/h1H;;2*1H;;1H3;;/q;+2;;;;;;/p-2. The van der Waals surface area contributed by atoms with E-state index in [1.807, 2.05) is 0 Å². The van der Waals surface area contributed by atoms with Crippen molar-refractivity contribution in [3.8, 4) is 0 Å². The molecule has 0 aromatic rings. The second kappa shape index (κ2) is 7.76. The average molecular weight is 231 g/mol. The van der Waals surface area contributed by atoms with Crippen LogP contribution in [0.5, 0.6) is 0 Å². The molecule has 3 nitrogen and oxygen atoms in total. The van der Waals surface area contributed by atoms with Crippen LogP contribution in [0, 0.1) is 0 Å². The van der Waals surface area contributed by atoms with Crippen LogP contribution < -0.4 is 6.15 Å². The first kappa shape index (κ1) is 23.3. The van der Waals surface area contributed by atoms with E-state index < -0.39 is 13.9 Å². The fourth-order valence-corrected chi connectivity index (χ4v) is 0. The molecule has 0 saturated heterocycles. The van der Waals surface area contributed by atoms with Crippen LogP contribution in [0.3, 0.4) is 0 Å². The van der Waals surface area contributed by atoms with Crippen molar-refractivity contribution in [2.24, 2.45) is 0 Å². The predicted molar refractivity (Wildman–Crippen MR) is 15.9 cm³/mol. The van der Waals surface area contributed by atoms with E-state index in [9.17, 15) is 7.05 Å². The van der Waals surface area contributed by atoms with Gasteiger partial charge in [-0.15, -0.1) is 12.4 Å². The van der Waals surface area contributed by atoms with Gasteiger partial charge in [0.15, 0.2) is 0 Å². The molecule has 0 atom stereocenters. The zero-order chi connectivity index (χ0) is 4.50. The van der Waals surface area contributed by atoms with Crippen LogP contribution in [-0.4, -0.2) is 0 Å². The summed E-state index contributed by atoms with van der Waals surface area (Å²) in [5, 5.41) is 0. The first-order valence-corrected chi connectivity index (χ1v) is 2.65. The molecule has 0 unspecified atom stereocenters. The van der Waals surface area contributed by atoms with Gasteiger partial charge in [0.05, 0.1) is 0 Å². The molecule has 0 aliphatic carbocycles. The van der Waals surface area contributed by atoms with Crippen LogP contribution in [0.15, 0.2) is 0 Å². The Morgan fingerprint density at radius 1 is 1.12 bits per heavy atom. The SMILES string of the molecule is Cl.N.[Fe].[O]=[Cr](=[O])([F])[F]. The van der Waals surface area contributed by atoms with E-state index in [1.165, 1.54) is 0 Å². The molecule has 0 heterocycles. The van der Waals surface area contributed by atoms with Crippen LogP contribution in [-0.2, 0) is 38.5 Å². The van der Waals surface area contributed by atoms with E-state index >= 15 is 0 Å². The summed E-state index contributed by atoms with van der Waals surface area (Å²) >= 11 is -6.25. The maximum absolute atomic E-state index is 10.1. The van der Waals surface area contributed by atoms with E-state index in [0.29, 0.717) is 0 Å². The van der Waals surface area contributed by atoms with Crippen LogP contribution in [0.1, 0.15) is 0 Å². The molecule has 0 bridgehead atoms. The van der Waals surface area contributed by atoms with Gasteiger partial charge in [-0.1, -0.05) is 0 Å². The minimum atomic E-state index is -6.25. The average Bonchev–Trinajstić information content (AvgIpc) is 0.722. The maximum atomic E-state index is 10.1. The van der Waals surface area contributed by atoms with Gasteiger partial charge in [-0.05, 0) is 0 Å². The molecule has 0 aromatic heterocycles. The summed E-state index contributed by atoms with van der Waals surface area (Å²) in [7, 11) is 0. The zero-order valence-corrected chi connectivity index (χ0v) is 6.65. The number of hydrogen-bond acceptors (Lipinski definition) is 3. The molecule has 0 rings (SSSR count). The second-order valence-electron chi connectivity index (χ2n) is 0.378. The van der Waals surface area contributed by atoms with Crippen molar-refractivity contribution < 1.29 is 45.6 Å². The summed E-state index contributed by atoms with van der Waals surface area (Å²) in [5.41, 5.74) is 0. The Labute approximate surface area is 64.3 Å². The summed E-state index contributed by atoms with van der Waals surface area (Å²) in [5.74, 6) is 0. The molecule has 56 valence electrons. The summed E-state index contributed by atoms with van der Waals surface area (Å²) in [6.07, 6.45) is 0. The van der Waals surface area contributed by atoms with Crippen molar-refractivity contribution in [1.29, 1.82) is 0 Å². The van der Waals surface area contributed by atoms with Crippen LogP contribution >= 0.6 is 12.4 Å². The molecule has 0 radical (unpaired) electrons. The third-order valence-electron chi connectivity index (χ3n) is 0. The predicted octanol–water partition coefficient (Wildman–Crippen LogP) is 1.18. The minimum absolute atomic E-state index is 0. The Morgan fingerprint density at radius 3 is 1.12 bits per heavy atom. The third kappa shape index (κ3) is 387. The molecule has 0 amide bonds. The normalized spacial score (nSPS) is 7.25. The Kier molecular flexibility index (Phi) is 22.6. The Balaban J connectivity index is -0.0000000267. The summed E-state index contributed by atoms with van der Waals surface area (Å²) < 4.78 is 36.9. The van der Waals surface area contributed by atoms with E-state index in [4.69, 9.17) is 7.61 Å². The molecular formula is H4ClCrF2FeNO2. The molecule has 0 spiro atoms. The van der Waals surface area contributed by atoms with E-state index in [2.05, 4.69) is 0 Å². The third-order valence-corrected chi connectivity index (χ3v) is 0. The Bertz CT molecular complexity index is 103. The monoisotopic (exact) mass is 231 g/mol. The zero-order valence-electron chi connectivity index (χ0n) is 3.45. The van der Waals surface area contributed by atoms with Gasteiger partial charge in [0.1, 0.15) is 0 Å². The van der Waals surface area contributed by atoms with Crippen molar-refractivity contribution in [3.63, 3.8) is 0 Å². The molecule has 8 heteroatoms. The number of rotatable bonds is 0. The van der Waals surface area contributed by atoms with Gasteiger partial charge < -0.3 is 6.15 Å². The topological polar surface area (TPSA) is 69.1 Å². The van der Waals surface area contributed by atoms with Crippen molar-refractivity contribution in [2.75, 3.05) is 0 Å². The molecule has 0 fully saturated rings. The van der Waals surface area contributed by atoms with Gasteiger partial charge in [0.2, 0.25) is 0 Å². The van der Waals surface area contributed by atoms with E-state index in [0.717, 1.165) is 0 Å². The van der Waals surface area contributed by atoms with Crippen LogP contribution in [0.2, 0.25) is 0 Å². The van der Waals surface area contributed by atoms with Crippen molar-refractivity contribution >= 4 is 12.4 Å². The summed E-state index contributed by atoms with van der Waals surface area (Å²) in [4.78, 5) is 0. The first-order valence-electron chi connectivity index (χ1n) is 0.642. The molecule has 0 aliphatic heterocycles. The first-order chi connectivity index (χ1) is 2.00. The summed E-state index contributed by atoms with van der Waals surface area (Å²) in [6.45, 7) is 0. The number of hydrogen-bond donors (Lipinski definition) is 1. The van der Waals surface area contributed by atoms with Crippen molar-refractivity contribution in [1.82, 2.24) is 6.15 Å². The van der Waals surface area contributed by atoms with E-state index in [-0.39, 0.29) is 35.6 Å². The van der Waals surface area contributed by atoms with Gasteiger partial charge in [-0.3, -0.25) is 0 Å². The fraction of sp³-hybridized carbons (Fsp3) is 0. The number of halogens is 3. The molecule has 3 N–H and O–H groups in total. The quantitative estimate of drug-likeness (QED) is 0.636. The van der Waals surface area contributed by atoms with Crippen molar-refractivity contribution in [3.05, 3.63) is 0 Å². The Hall–Kier alpha value is 0.762. The van der Waals surface area contributed by atoms with Gasteiger partial charge in [-0.2, -0.15) is 0 Å². The van der Waals surface area contributed by atoms with E-state index in [1.54, 1.807) is 0 Å². The van der Waals surface area contributed by atoms with Gasteiger partial charge >= 0.3 is 28.5 Å². The fourth-order valence-electron chi connectivity index (χ4n) is 0. The molecule has 0 saturated carbocycles. The van der Waals surface area contributed by atoms with Crippen molar-refractivity contribution in [2.45, 2.75) is 0 Å². The van der Waals surface area contributed by atoms with Crippen LogP contribution in [0.4, 0.5) is 7.05 Å². The molecule has 0 aromatic carbocycles. The molecule has 8 heavy (non-hydrogen) atoms. The van der Waals surface area contributed by atoms with Gasteiger partial charge in [0, 0.05) is 17.1 Å².